The van der Waals surface area contributed by atoms with E-state index >= 15 is 0 Å². The third-order valence-electron chi connectivity index (χ3n) is 3.10. The average molecular weight is 359 g/mol. The molecule has 0 saturated carbocycles. The van der Waals surface area contributed by atoms with Crippen molar-refractivity contribution in [3.05, 3.63) is 55.1 Å². The summed E-state index contributed by atoms with van der Waals surface area (Å²) < 4.78 is 1.00. The topological polar surface area (TPSA) is 12.0 Å². The van der Waals surface area contributed by atoms with Gasteiger partial charge in [0.25, 0.3) is 0 Å². The maximum absolute atomic E-state index is 6.17. The van der Waals surface area contributed by atoms with E-state index in [1.807, 2.05) is 0 Å². The lowest BCUT2D eigenvalue weighted by molar-refractivity contribution is 0.634. The standard InChI is InChI=1S/C15H17BrClNS/c1-3-10-7-5-6-8-11(10)14(18-4-2)13-9-12(17)15(16)19-13/h5-9,14,18H,3-4H2,1-2H3. The van der Waals surface area contributed by atoms with Crippen LogP contribution in [0.2, 0.25) is 5.02 Å². The molecule has 0 aliphatic heterocycles. The molecule has 0 aliphatic carbocycles. The zero-order valence-electron chi connectivity index (χ0n) is 11.0. The van der Waals surface area contributed by atoms with Crippen molar-refractivity contribution in [2.45, 2.75) is 26.3 Å². The number of halogens is 2. The van der Waals surface area contributed by atoms with Gasteiger partial charge in [-0.05, 0) is 46.1 Å². The van der Waals surface area contributed by atoms with Gasteiger partial charge in [0.15, 0.2) is 0 Å². The van der Waals surface area contributed by atoms with Crippen LogP contribution in [-0.4, -0.2) is 6.54 Å². The van der Waals surface area contributed by atoms with Crippen molar-refractivity contribution in [2.75, 3.05) is 6.54 Å². The Kier molecular flexibility index (Phi) is 5.46. The van der Waals surface area contributed by atoms with Crippen LogP contribution in [0.5, 0.6) is 0 Å². The first-order valence-corrected chi connectivity index (χ1v) is 8.42. The summed E-state index contributed by atoms with van der Waals surface area (Å²) in [4.78, 5) is 1.25. The average Bonchev–Trinajstić information content (AvgIpc) is 2.76. The molecule has 1 aromatic heterocycles. The molecular weight excluding hydrogens is 342 g/mol. The molecule has 1 N–H and O–H groups in total. The summed E-state index contributed by atoms with van der Waals surface area (Å²) in [5, 5.41) is 4.35. The van der Waals surface area contributed by atoms with Gasteiger partial charge in [-0.3, -0.25) is 0 Å². The summed E-state index contributed by atoms with van der Waals surface area (Å²) >= 11 is 11.4. The quantitative estimate of drug-likeness (QED) is 0.752. The van der Waals surface area contributed by atoms with Gasteiger partial charge in [0.2, 0.25) is 0 Å². The number of rotatable bonds is 5. The molecule has 0 amide bonds. The zero-order valence-corrected chi connectivity index (χ0v) is 14.2. The third kappa shape index (κ3) is 3.40. The van der Waals surface area contributed by atoms with E-state index in [4.69, 9.17) is 11.6 Å². The molecule has 0 spiro atoms. The molecule has 1 nitrogen and oxygen atoms in total. The molecular formula is C15H17BrClNS. The highest BCUT2D eigenvalue weighted by Crippen LogP contribution is 2.38. The Labute approximate surface area is 132 Å². The lowest BCUT2D eigenvalue weighted by atomic mass is 9.97. The van der Waals surface area contributed by atoms with Gasteiger partial charge in [-0.25, -0.2) is 0 Å². The van der Waals surface area contributed by atoms with E-state index in [2.05, 4.69) is 65.4 Å². The van der Waals surface area contributed by atoms with E-state index in [0.29, 0.717) is 0 Å². The summed E-state index contributed by atoms with van der Waals surface area (Å²) in [5.41, 5.74) is 2.73. The van der Waals surface area contributed by atoms with Gasteiger partial charge in [-0.2, -0.15) is 0 Å². The normalized spacial score (nSPS) is 12.6. The molecule has 102 valence electrons. The van der Waals surface area contributed by atoms with E-state index in [9.17, 15) is 0 Å². The van der Waals surface area contributed by atoms with Crippen molar-refractivity contribution in [3.63, 3.8) is 0 Å². The Morgan fingerprint density at radius 2 is 2.05 bits per heavy atom. The number of nitrogens with one attached hydrogen (secondary N) is 1. The van der Waals surface area contributed by atoms with Gasteiger partial charge in [-0.1, -0.05) is 49.7 Å². The molecule has 0 bridgehead atoms. The second kappa shape index (κ2) is 6.89. The van der Waals surface area contributed by atoms with Gasteiger partial charge in [0, 0.05) is 4.88 Å². The van der Waals surface area contributed by atoms with Gasteiger partial charge in [0.1, 0.15) is 0 Å². The highest BCUT2D eigenvalue weighted by atomic mass is 79.9. The number of thiophene rings is 1. The van der Waals surface area contributed by atoms with E-state index in [-0.39, 0.29) is 6.04 Å². The van der Waals surface area contributed by atoms with Crippen LogP contribution >= 0.6 is 38.9 Å². The Morgan fingerprint density at radius 1 is 1.32 bits per heavy atom. The van der Waals surface area contributed by atoms with Gasteiger partial charge in [-0.15, -0.1) is 11.3 Å². The fraction of sp³-hybridized carbons (Fsp3) is 0.333. The highest BCUT2D eigenvalue weighted by molar-refractivity contribution is 9.11. The first-order valence-electron chi connectivity index (χ1n) is 6.43. The summed E-state index contributed by atoms with van der Waals surface area (Å²) in [6.07, 6.45) is 1.04. The van der Waals surface area contributed by atoms with Crippen molar-refractivity contribution in [2.24, 2.45) is 0 Å². The van der Waals surface area contributed by atoms with E-state index < -0.39 is 0 Å². The molecule has 1 unspecified atom stereocenters. The van der Waals surface area contributed by atoms with Crippen LogP contribution < -0.4 is 5.32 Å². The molecule has 0 fully saturated rings. The van der Waals surface area contributed by atoms with Crippen LogP contribution in [0, 0.1) is 0 Å². The van der Waals surface area contributed by atoms with Crippen LogP contribution in [0.1, 0.15) is 35.9 Å². The molecule has 0 saturated heterocycles. The molecule has 0 radical (unpaired) electrons. The Bertz CT molecular complexity index is 533. The fourth-order valence-corrected chi connectivity index (χ4v) is 4.05. The van der Waals surface area contributed by atoms with Crippen molar-refractivity contribution < 1.29 is 0 Å². The largest absolute Gasteiger partial charge is 0.306 e. The van der Waals surface area contributed by atoms with Crippen molar-refractivity contribution in [3.8, 4) is 0 Å². The minimum atomic E-state index is 0.218. The van der Waals surface area contributed by atoms with Gasteiger partial charge >= 0.3 is 0 Å². The highest BCUT2D eigenvalue weighted by Gasteiger charge is 2.19. The maximum Gasteiger partial charge on any atom is 0.0888 e. The lowest BCUT2D eigenvalue weighted by Crippen LogP contribution is -2.22. The predicted octanol–water partition coefficient (Wildman–Crippen LogP) is 5.43. The van der Waals surface area contributed by atoms with Crippen LogP contribution in [0.3, 0.4) is 0 Å². The number of aryl methyl sites for hydroxylation is 1. The van der Waals surface area contributed by atoms with Crippen molar-refractivity contribution in [1.29, 1.82) is 0 Å². The van der Waals surface area contributed by atoms with Crippen LogP contribution in [0.15, 0.2) is 34.1 Å². The van der Waals surface area contributed by atoms with Crippen LogP contribution in [0.4, 0.5) is 0 Å². The SMILES string of the molecule is CCNC(c1cc(Cl)c(Br)s1)c1ccccc1CC. The predicted molar refractivity (Wildman–Crippen MR) is 88.4 cm³/mol. The first-order chi connectivity index (χ1) is 9.17. The Hall–Kier alpha value is -0.350. The fourth-order valence-electron chi connectivity index (χ4n) is 2.21. The molecule has 1 heterocycles. The molecule has 4 heteroatoms. The number of hydrogen-bond donors (Lipinski definition) is 1. The molecule has 0 aliphatic rings. The number of hydrogen-bond acceptors (Lipinski definition) is 2. The van der Waals surface area contributed by atoms with E-state index in [1.54, 1.807) is 11.3 Å². The van der Waals surface area contributed by atoms with Crippen LogP contribution in [0.25, 0.3) is 0 Å². The minimum absolute atomic E-state index is 0.218. The molecule has 2 aromatic rings. The van der Waals surface area contributed by atoms with E-state index in [0.717, 1.165) is 21.8 Å². The molecule has 2 rings (SSSR count). The monoisotopic (exact) mass is 357 g/mol. The zero-order chi connectivity index (χ0) is 13.8. The Balaban J connectivity index is 2.44. The maximum atomic E-state index is 6.17. The number of benzene rings is 1. The lowest BCUT2D eigenvalue weighted by Gasteiger charge is -2.20. The molecule has 1 atom stereocenters. The van der Waals surface area contributed by atoms with Gasteiger partial charge in [0.05, 0.1) is 14.9 Å². The van der Waals surface area contributed by atoms with E-state index in [1.165, 1.54) is 16.0 Å². The van der Waals surface area contributed by atoms with Gasteiger partial charge < -0.3 is 5.32 Å². The Morgan fingerprint density at radius 3 is 2.63 bits per heavy atom. The van der Waals surface area contributed by atoms with Crippen molar-refractivity contribution in [1.82, 2.24) is 5.32 Å². The summed E-state index contributed by atoms with van der Waals surface area (Å²) in [5.74, 6) is 0. The van der Waals surface area contributed by atoms with Crippen LogP contribution in [-0.2, 0) is 6.42 Å². The second-order valence-electron chi connectivity index (χ2n) is 4.31. The minimum Gasteiger partial charge on any atom is -0.306 e. The van der Waals surface area contributed by atoms with Crippen molar-refractivity contribution >= 4 is 38.9 Å². The molecule has 19 heavy (non-hydrogen) atoms. The summed E-state index contributed by atoms with van der Waals surface area (Å²) in [6, 6.07) is 10.9. The second-order valence-corrected chi connectivity index (χ2v) is 7.12. The third-order valence-corrected chi connectivity index (χ3v) is 5.64. The summed E-state index contributed by atoms with van der Waals surface area (Å²) in [6.45, 7) is 5.25. The first kappa shape index (κ1) is 15.0. The molecule has 1 aromatic carbocycles. The summed E-state index contributed by atoms with van der Waals surface area (Å²) in [7, 11) is 0. The smallest absolute Gasteiger partial charge is 0.0888 e.